The Kier molecular flexibility index (Phi) is 6.58. The fraction of sp³-hybridized carbons (Fsp3) is 0.316. The summed E-state index contributed by atoms with van der Waals surface area (Å²) in [5, 5.41) is 2.63. The van der Waals surface area contributed by atoms with E-state index in [1.807, 2.05) is 19.1 Å². The lowest BCUT2D eigenvalue weighted by atomic mass is 10.1. The number of rotatable bonds is 7. The van der Waals surface area contributed by atoms with E-state index in [9.17, 15) is 4.79 Å². The van der Waals surface area contributed by atoms with Crippen molar-refractivity contribution in [1.82, 2.24) is 5.32 Å². The van der Waals surface area contributed by atoms with Crippen LogP contribution in [0, 0.1) is 6.92 Å². The predicted molar refractivity (Wildman–Crippen MR) is 99.2 cm³/mol. The molecule has 5 nitrogen and oxygen atoms in total. The summed E-state index contributed by atoms with van der Waals surface area (Å²) in [7, 11) is 6.35. The molecular weight excluding hydrogens is 338 g/mol. The molecule has 1 N–H and O–H groups in total. The summed E-state index contributed by atoms with van der Waals surface area (Å²) < 4.78 is 16.6. The van der Waals surface area contributed by atoms with Crippen LogP contribution in [0.3, 0.4) is 0 Å². The molecule has 0 aromatic heterocycles. The third-order valence-corrected chi connectivity index (χ3v) is 4.86. The molecule has 0 saturated carbocycles. The van der Waals surface area contributed by atoms with E-state index in [-0.39, 0.29) is 12.3 Å². The Balaban J connectivity index is 2.56. The third kappa shape index (κ3) is 4.39. The highest BCUT2D eigenvalue weighted by Gasteiger charge is 2.23. The van der Waals surface area contributed by atoms with E-state index in [4.69, 9.17) is 14.2 Å². The van der Waals surface area contributed by atoms with E-state index >= 15 is 0 Å². The second-order valence-corrected chi connectivity index (χ2v) is 6.47. The zero-order chi connectivity index (χ0) is 18.4. The minimum absolute atomic E-state index is 0.118. The predicted octanol–water partition coefficient (Wildman–Crippen LogP) is 3.46. The Morgan fingerprint density at radius 1 is 1.04 bits per heavy atom. The summed E-state index contributed by atoms with van der Waals surface area (Å²) in [6, 6.07) is 9.98. The molecule has 0 radical (unpaired) electrons. The van der Waals surface area contributed by atoms with Gasteiger partial charge in [0.15, 0.2) is 0 Å². The molecule has 0 aliphatic heterocycles. The minimum Gasteiger partial charge on any atom is -0.496 e. The average Bonchev–Trinajstić information content (AvgIpc) is 2.63. The highest BCUT2D eigenvalue weighted by atomic mass is 32.2. The monoisotopic (exact) mass is 361 g/mol. The zero-order valence-electron chi connectivity index (χ0n) is 15.1. The van der Waals surface area contributed by atoms with E-state index in [1.54, 1.807) is 34.4 Å². The number of carbonyl (C=O) groups excluding carboxylic acids is 1. The van der Waals surface area contributed by atoms with Gasteiger partial charge in [0.2, 0.25) is 5.91 Å². The molecule has 0 spiro atoms. The van der Waals surface area contributed by atoms with Crippen LogP contribution in [0.4, 0.5) is 0 Å². The summed E-state index contributed by atoms with van der Waals surface area (Å²) >= 11 is 1.53. The largest absolute Gasteiger partial charge is 0.496 e. The summed E-state index contributed by atoms with van der Waals surface area (Å²) in [6.07, 6.45) is 0.161. The summed E-state index contributed by atoms with van der Waals surface area (Å²) in [5.41, 5.74) is 1.89. The van der Waals surface area contributed by atoms with Crippen molar-refractivity contribution in [2.24, 2.45) is 0 Å². The Morgan fingerprint density at radius 2 is 1.68 bits per heavy atom. The number of carbonyl (C=O) groups is 1. The molecular formula is C19H23NO4S. The Labute approximate surface area is 152 Å². The number of benzene rings is 2. The Morgan fingerprint density at radius 3 is 2.20 bits per heavy atom. The van der Waals surface area contributed by atoms with Gasteiger partial charge in [-0.3, -0.25) is 4.79 Å². The van der Waals surface area contributed by atoms with Gasteiger partial charge < -0.3 is 19.5 Å². The van der Waals surface area contributed by atoms with Crippen molar-refractivity contribution in [3.63, 3.8) is 0 Å². The van der Waals surface area contributed by atoms with Gasteiger partial charge in [-0.25, -0.2) is 0 Å². The average molecular weight is 361 g/mol. The molecule has 2 rings (SSSR count). The van der Waals surface area contributed by atoms with Gasteiger partial charge in [-0.05, 0) is 19.1 Å². The number of methoxy groups -OCH3 is 3. The lowest BCUT2D eigenvalue weighted by molar-refractivity contribution is -0.120. The first kappa shape index (κ1) is 19.0. The van der Waals surface area contributed by atoms with Gasteiger partial charge in [0.1, 0.15) is 17.2 Å². The second-order valence-electron chi connectivity index (χ2n) is 5.39. The lowest BCUT2D eigenvalue weighted by Gasteiger charge is -2.19. The van der Waals surface area contributed by atoms with Gasteiger partial charge in [-0.2, -0.15) is 0 Å². The fourth-order valence-corrected chi connectivity index (χ4v) is 3.47. The van der Waals surface area contributed by atoms with Crippen LogP contribution in [0.15, 0.2) is 40.1 Å². The third-order valence-electron chi connectivity index (χ3n) is 3.76. The van der Waals surface area contributed by atoms with Gasteiger partial charge in [-0.1, -0.05) is 29.5 Å². The summed E-state index contributed by atoms with van der Waals surface area (Å²) in [6.45, 7) is 2.05. The van der Waals surface area contributed by atoms with Gasteiger partial charge in [0.05, 0.1) is 32.6 Å². The van der Waals surface area contributed by atoms with Crippen molar-refractivity contribution in [3.8, 4) is 17.2 Å². The topological polar surface area (TPSA) is 56.8 Å². The molecule has 2 aromatic rings. The van der Waals surface area contributed by atoms with Gasteiger partial charge in [0, 0.05) is 23.6 Å². The second kappa shape index (κ2) is 8.67. The highest BCUT2D eigenvalue weighted by molar-refractivity contribution is 7.99. The van der Waals surface area contributed by atoms with Crippen molar-refractivity contribution in [3.05, 3.63) is 41.5 Å². The van der Waals surface area contributed by atoms with Crippen molar-refractivity contribution in [1.29, 1.82) is 0 Å². The summed E-state index contributed by atoms with van der Waals surface area (Å²) in [5.74, 6) is 1.67. The van der Waals surface area contributed by atoms with Crippen LogP contribution < -0.4 is 19.5 Å². The number of nitrogens with one attached hydrogen (secondary N) is 1. The first-order valence-electron chi connectivity index (χ1n) is 7.81. The maximum absolute atomic E-state index is 11.9. The molecule has 0 saturated heterocycles. The molecule has 6 heteroatoms. The highest BCUT2D eigenvalue weighted by Crippen LogP contribution is 2.47. The maximum Gasteiger partial charge on any atom is 0.224 e. The van der Waals surface area contributed by atoms with Crippen molar-refractivity contribution in [2.45, 2.75) is 23.1 Å². The molecule has 25 heavy (non-hydrogen) atoms. The molecule has 134 valence electrons. The maximum atomic E-state index is 11.9. The standard InChI is InChI=1S/C19H23NO4S/c1-12-6-8-13(9-7-12)25-19-16(23-4)11-15(22-3)14(18(19)24-5)10-17(21)20-2/h6-9,11H,10H2,1-5H3,(H,20,21). The number of aryl methyl sites for hydroxylation is 1. The van der Waals surface area contributed by atoms with Crippen LogP contribution in [0.5, 0.6) is 17.2 Å². The zero-order valence-corrected chi connectivity index (χ0v) is 16.0. The van der Waals surface area contributed by atoms with E-state index in [0.29, 0.717) is 22.8 Å². The number of ether oxygens (including phenoxy) is 3. The number of likely N-dealkylation sites (N-methyl/N-ethyl adjacent to an activating group) is 1. The van der Waals surface area contributed by atoms with Crippen LogP contribution in [0.25, 0.3) is 0 Å². The van der Waals surface area contributed by atoms with Crippen molar-refractivity contribution < 1.29 is 19.0 Å². The Hall–Kier alpha value is -2.34. The van der Waals surface area contributed by atoms with Gasteiger partial charge in [0.25, 0.3) is 0 Å². The van der Waals surface area contributed by atoms with Crippen LogP contribution in [-0.2, 0) is 11.2 Å². The smallest absolute Gasteiger partial charge is 0.224 e. The molecule has 0 bridgehead atoms. The molecule has 0 aliphatic carbocycles. The molecule has 0 fully saturated rings. The van der Waals surface area contributed by atoms with E-state index < -0.39 is 0 Å². The number of hydrogen-bond donors (Lipinski definition) is 1. The SMILES string of the molecule is CNC(=O)Cc1c(OC)cc(OC)c(Sc2ccc(C)cc2)c1OC. The molecule has 0 atom stereocenters. The van der Waals surface area contributed by atoms with Crippen LogP contribution in [0.2, 0.25) is 0 Å². The van der Waals surface area contributed by atoms with E-state index in [2.05, 4.69) is 17.4 Å². The number of amides is 1. The minimum atomic E-state index is -0.118. The van der Waals surface area contributed by atoms with Crippen molar-refractivity contribution >= 4 is 17.7 Å². The molecule has 0 heterocycles. The quantitative estimate of drug-likeness (QED) is 0.818. The van der Waals surface area contributed by atoms with Gasteiger partial charge >= 0.3 is 0 Å². The van der Waals surface area contributed by atoms with Crippen molar-refractivity contribution in [2.75, 3.05) is 28.4 Å². The first-order chi connectivity index (χ1) is 12.0. The normalized spacial score (nSPS) is 10.3. The van der Waals surface area contributed by atoms with E-state index in [1.165, 1.54) is 17.3 Å². The van der Waals surface area contributed by atoms with Crippen LogP contribution >= 0.6 is 11.8 Å². The number of hydrogen-bond acceptors (Lipinski definition) is 5. The van der Waals surface area contributed by atoms with Crippen LogP contribution in [-0.4, -0.2) is 34.3 Å². The molecule has 2 aromatic carbocycles. The van der Waals surface area contributed by atoms with E-state index in [0.717, 1.165) is 9.79 Å². The lowest BCUT2D eigenvalue weighted by Crippen LogP contribution is -2.20. The Bertz CT molecular complexity index is 744. The van der Waals surface area contributed by atoms with Crippen LogP contribution in [0.1, 0.15) is 11.1 Å². The molecule has 0 aliphatic rings. The summed E-state index contributed by atoms with van der Waals surface area (Å²) in [4.78, 5) is 13.8. The van der Waals surface area contributed by atoms with Gasteiger partial charge in [-0.15, -0.1) is 0 Å². The molecule has 1 amide bonds. The fourth-order valence-electron chi connectivity index (χ4n) is 2.42. The first-order valence-corrected chi connectivity index (χ1v) is 8.62. The molecule has 0 unspecified atom stereocenters.